The van der Waals surface area contributed by atoms with E-state index in [1.165, 1.54) is 41.5 Å². The predicted molar refractivity (Wildman–Crippen MR) is 101 cm³/mol. The SMILES string of the molecule is O=C(O)C(=Cc1ccc2c(c1)CCC2)CNS(=O)(=O)c1ccc(Cl)cc1. The Hall–Kier alpha value is -2.15. The maximum atomic E-state index is 12.3. The highest BCUT2D eigenvalue weighted by Gasteiger charge is 2.17. The number of nitrogens with one attached hydrogen (secondary N) is 1. The zero-order chi connectivity index (χ0) is 18.7. The quantitative estimate of drug-likeness (QED) is 0.740. The zero-order valence-corrected chi connectivity index (χ0v) is 15.5. The van der Waals surface area contributed by atoms with Gasteiger partial charge in [0.1, 0.15) is 0 Å². The topological polar surface area (TPSA) is 83.5 Å². The first-order chi connectivity index (χ1) is 12.3. The lowest BCUT2D eigenvalue weighted by atomic mass is 10.0. The van der Waals surface area contributed by atoms with Gasteiger partial charge in [-0.15, -0.1) is 0 Å². The standard InChI is InChI=1S/C19H18ClNO4S/c20-17-6-8-18(9-7-17)26(24,25)21-12-16(19(22)23)11-13-4-5-14-2-1-3-15(14)10-13/h4-11,21H,1-3,12H2,(H,22,23). The molecule has 1 aliphatic rings. The molecule has 0 saturated carbocycles. The number of carbonyl (C=O) groups is 1. The summed E-state index contributed by atoms with van der Waals surface area (Å²) < 4.78 is 26.9. The van der Waals surface area contributed by atoms with Crippen molar-refractivity contribution in [2.24, 2.45) is 0 Å². The highest BCUT2D eigenvalue weighted by molar-refractivity contribution is 7.89. The van der Waals surface area contributed by atoms with Gasteiger partial charge in [0.05, 0.1) is 10.5 Å². The summed E-state index contributed by atoms with van der Waals surface area (Å²) in [6.45, 7) is -0.308. The summed E-state index contributed by atoms with van der Waals surface area (Å²) in [5.41, 5.74) is 3.25. The van der Waals surface area contributed by atoms with Gasteiger partial charge in [-0.05, 0) is 66.3 Å². The first-order valence-electron chi connectivity index (χ1n) is 8.16. The molecule has 2 aromatic carbocycles. The third-order valence-corrected chi connectivity index (χ3v) is 5.98. The summed E-state index contributed by atoms with van der Waals surface area (Å²) >= 11 is 5.76. The number of aliphatic carboxylic acids is 1. The van der Waals surface area contributed by atoms with Crippen LogP contribution in [-0.2, 0) is 27.7 Å². The zero-order valence-electron chi connectivity index (χ0n) is 13.9. The second kappa shape index (κ2) is 7.61. The molecule has 7 heteroatoms. The second-order valence-corrected chi connectivity index (χ2v) is 8.34. The van der Waals surface area contributed by atoms with Crippen LogP contribution >= 0.6 is 11.6 Å². The van der Waals surface area contributed by atoms with Crippen molar-refractivity contribution in [1.29, 1.82) is 0 Å². The average Bonchev–Trinajstić information content (AvgIpc) is 3.06. The van der Waals surface area contributed by atoms with Gasteiger partial charge in [0.2, 0.25) is 10.0 Å². The lowest BCUT2D eigenvalue weighted by Crippen LogP contribution is -2.28. The Labute approximate surface area is 157 Å². The fraction of sp³-hybridized carbons (Fsp3) is 0.211. The molecule has 0 atom stereocenters. The number of carboxylic acid groups (broad SMARTS) is 1. The molecule has 0 radical (unpaired) electrons. The monoisotopic (exact) mass is 391 g/mol. The van der Waals surface area contributed by atoms with E-state index < -0.39 is 16.0 Å². The molecule has 26 heavy (non-hydrogen) atoms. The average molecular weight is 392 g/mol. The molecule has 0 aromatic heterocycles. The van der Waals surface area contributed by atoms with Gasteiger partial charge in [0.15, 0.2) is 0 Å². The predicted octanol–water partition coefficient (Wildman–Crippen LogP) is 3.28. The number of rotatable bonds is 6. The summed E-state index contributed by atoms with van der Waals surface area (Å²) in [6.07, 6.45) is 4.65. The number of aryl methyl sites for hydroxylation is 2. The van der Waals surface area contributed by atoms with Gasteiger partial charge >= 0.3 is 5.97 Å². The number of halogens is 1. The van der Waals surface area contributed by atoms with Crippen LogP contribution in [0, 0.1) is 0 Å². The molecular formula is C19H18ClNO4S. The van der Waals surface area contributed by atoms with E-state index in [1.54, 1.807) is 0 Å². The van der Waals surface area contributed by atoms with Gasteiger partial charge < -0.3 is 5.11 Å². The highest BCUT2D eigenvalue weighted by Crippen LogP contribution is 2.24. The molecular weight excluding hydrogens is 374 g/mol. The molecule has 0 spiro atoms. The minimum Gasteiger partial charge on any atom is -0.478 e. The summed E-state index contributed by atoms with van der Waals surface area (Å²) in [5.74, 6) is -1.16. The van der Waals surface area contributed by atoms with Crippen molar-refractivity contribution in [2.75, 3.05) is 6.54 Å². The van der Waals surface area contributed by atoms with Crippen LogP contribution in [0.15, 0.2) is 52.9 Å². The lowest BCUT2D eigenvalue weighted by Gasteiger charge is -2.08. The lowest BCUT2D eigenvalue weighted by molar-refractivity contribution is -0.132. The van der Waals surface area contributed by atoms with Crippen molar-refractivity contribution < 1.29 is 18.3 Å². The Morgan fingerprint density at radius 3 is 2.50 bits per heavy atom. The summed E-state index contributed by atoms with van der Waals surface area (Å²) in [5, 5.41) is 9.83. The number of benzene rings is 2. The van der Waals surface area contributed by atoms with Crippen LogP contribution in [0.5, 0.6) is 0 Å². The molecule has 0 amide bonds. The molecule has 0 unspecified atom stereocenters. The van der Waals surface area contributed by atoms with Crippen LogP contribution in [0.4, 0.5) is 0 Å². The first-order valence-corrected chi connectivity index (χ1v) is 10.0. The number of hydrogen-bond donors (Lipinski definition) is 2. The van der Waals surface area contributed by atoms with Gasteiger partial charge in [-0.25, -0.2) is 17.9 Å². The molecule has 2 aromatic rings. The van der Waals surface area contributed by atoms with Gasteiger partial charge in [-0.3, -0.25) is 0 Å². The normalized spacial score (nSPS) is 14.3. The fourth-order valence-corrected chi connectivity index (χ4v) is 4.07. The van der Waals surface area contributed by atoms with E-state index in [-0.39, 0.29) is 17.0 Å². The number of carboxylic acids is 1. The third kappa shape index (κ3) is 4.33. The van der Waals surface area contributed by atoms with Crippen LogP contribution in [0.3, 0.4) is 0 Å². The van der Waals surface area contributed by atoms with E-state index in [4.69, 9.17) is 11.6 Å². The van der Waals surface area contributed by atoms with E-state index in [1.807, 2.05) is 18.2 Å². The molecule has 0 saturated heterocycles. The Kier molecular flexibility index (Phi) is 5.46. The van der Waals surface area contributed by atoms with Crippen molar-refractivity contribution >= 4 is 33.7 Å². The van der Waals surface area contributed by atoms with Crippen LogP contribution in [0.1, 0.15) is 23.1 Å². The van der Waals surface area contributed by atoms with Gasteiger partial charge in [-0.1, -0.05) is 29.8 Å². The number of fused-ring (bicyclic) bond motifs is 1. The van der Waals surface area contributed by atoms with Gasteiger partial charge in [0, 0.05) is 11.6 Å². The Balaban J connectivity index is 1.78. The van der Waals surface area contributed by atoms with Crippen LogP contribution < -0.4 is 4.72 Å². The summed E-state index contributed by atoms with van der Waals surface area (Å²) in [7, 11) is -3.82. The maximum absolute atomic E-state index is 12.3. The largest absolute Gasteiger partial charge is 0.478 e. The molecule has 0 aliphatic heterocycles. The van der Waals surface area contributed by atoms with E-state index in [0.717, 1.165) is 24.8 Å². The number of hydrogen-bond acceptors (Lipinski definition) is 3. The highest BCUT2D eigenvalue weighted by atomic mass is 35.5. The minimum atomic E-state index is -3.82. The minimum absolute atomic E-state index is 0.0273. The van der Waals surface area contributed by atoms with Crippen molar-refractivity contribution in [3.05, 3.63) is 69.8 Å². The summed E-state index contributed by atoms with van der Waals surface area (Å²) in [4.78, 5) is 11.5. The maximum Gasteiger partial charge on any atom is 0.332 e. The Bertz CT molecular complexity index is 966. The van der Waals surface area contributed by atoms with E-state index in [0.29, 0.717) is 5.02 Å². The molecule has 0 heterocycles. The second-order valence-electron chi connectivity index (χ2n) is 6.13. The Morgan fingerprint density at radius 2 is 1.81 bits per heavy atom. The van der Waals surface area contributed by atoms with Gasteiger partial charge in [-0.2, -0.15) is 0 Å². The molecule has 3 rings (SSSR count). The molecule has 0 fully saturated rings. The fourth-order valence-electron chi connectivity index (χ4n) is 2.94. The smallest absolute Gasteiger partial charge is 0.332 e. The van der Waals surface area contributed by atoms with Gasteiger partial charge in [0.25, 0.3) is 0 Å². The van der Waals surface area contributed by atoms with Crippen molar-refractivity contribution in [3.63, 3.8) is 0 Å². The van der Waals surface area contributed by atoms with Crippen molar-refractivity contribution in [3.8, 4) is 0 Å². The Morgan fingerprint density at radius 1 is 1.12 bits per heavy atom. The molecule has 1 aliphatic carbocycles. The first kappa shape index (κ1) is 18.6. The van der Waals surface area contributed by atoms with E-state index in [9.17, 15) is 18.3 Å². The van der Waals surface area contributed by atoms with Crippen LogP contribution in [0.2, 0.25) is 5.02 Å². The molecule has 5 nitrogen and oxygen atoms in total. The third-order valence-electron chi connectivity index (χ3n) is 4.31. The van der Waals surface area contributed by atoms with Crippen molar-refractivity contribution in [1.82, 2.24) is 4.72 Å². The summed E-state index contributed by atoms with van der Waals surface area (Å²) in [6, 6.07) is 11.5. The number of sulfonamides is 1. The van der Waals surface area contributed by atoms with Crippen LogP contribution in [-0.4, -0.2) is 26.0 Å². The molecule has 136 valence electrons. The molecule has 2 N–H and O–H groups in total. The van der Waals surface area contributed by atoms with E-state index in [2.05, 4.69) is 4.72 Å². The van der Waals surface area contributed by atoms with Crippen molar-refractivity contribution in [2.45, 2.75) is 24.2 Å². The van der Waals surface area contributed by atoms with Crippen LogP contribution in [0.25, 0.3) is 6.08 Å². The van der Waals surface area contributed by atoms with E-state index >= 15 is 0 Å². The molecule has 0 bridgehead atoms.